The molecule has 0 spiro atoms. The van der Waals surface area contributed by atoms with Crippen molar-refractivity contribution in [3.05, 3.63) is 48.6 Å². The summed E-state index contributed by atoms with van der Waals surface area (Å²) in [5, 5.41) is 13.9. The third-order valence-electron chi connectivity index (χ3n) is 16.0. The molecule has 8 nitrogen and oxygen atoms in total. The minimum Gasteiger partial charge on any atom is -0.756 e. The maximum absolute atomic E-state index is 13.0. The molecule has 2 N–H and O–H groups in total. The first-order valence-corrected chi connectivity index (χ1v) is 36.5. The molecule has 0 fully saturated rings. The van der Waals surface area contributed by atoms with Crippen molar-refractivity contribution in [3.8, 4) is 0 Å². The third-order valence-corrected chi connectivity index (χ3v) is 17.0. The van der Waals surface area contributed by atoms with Crippen LogP contribution in [0.25, 0.3) is 0 Å². The molecule has 3 unspecified atom stereocenters. The molecule has 0 saturated heterocycles. The van der Waals surface area contributed by atoms with Gasteiger partial charge in [0.15, 0.2) is 0 Å². The van der Waals surface area contributed by atoms with Gasteiger partial charge in [0.25, 0.3) is 7.82 Å². The molecule has 80 heavy (non-hydrogen) atoms. The summed E-state index contributed by atoms with van der Waals surface area (Å²) < 4.78 is 23.4. The van der Waals surface area contributed by atoms with E-state index in [1.54, 1.807) is 6.08 Å². The Morgan fingerprint density at radius 3 is 1.01 bits per heavy atom. The number of amides is 1. The number of unbranched alkanes of at least 4 members (excludes halogenated alkanes) is 46. The number of carbonyl (C=O) groups excluding carboxylic acids is 1. The molecule has 0 radical (unpaired) electrons. The van der Waals surface area contributed by atoms with E-state index in [2.05, 4.69) is 55.6 Å². The van der Waals surface area contributed by atoms with Gasteiger partial charge in [-0.15, -0.1) is 0 Å². The van der Waals surface area contributed by atoms with Crippen molar-refractivity contribution in [1.82, 2.24) is 5.32 Å². The van der Waals surface area contributed by atoms with Gasteiger partial charge in [0.2, 0.25) is 5.91 Å². The first kappa shape index (κ1) is 78.5. The fourth-order valence-electron chi connectivity index (χ4n) is 10.5. The average Bonchev–Trinajstić information content (AvgIpc) is 3.42. The normalized spacial score (nSPS) is 13.9. The second-order valence-electron chi connectivity index (χ2n) is 25.2. The predicted molar refractivity (Wildman–Crippen MR) is 348 cm³/mol. The molecule has 0 aliphatic heterocycles. The number of rotatable bonds is 65. The zero-order chi connectivity index (χ0) is 58.4. The van der Waals surface area contributed by atoms with Gasteiger partial charge in [0, 0.05) is 6.42 Å². The van der Waals surface area contributed by atoms with E-state index >= 15 is 0 Å². The van der Waals surface area contributed by atoms with Crippen molar-refractivity contribution in [1.29, 1.82) is 0 Å². The van der Waals surface area contributed by atoms with Crippen LogP contribution in [0.2, 0.25) is 0 Å². The number of nitrogens with one attached hydrogen (secondary N) is 1. The van der Waals surface area contributed by atoms with Gasteiger partial charge in [-0.1, -0.05) is 319 Å². The Hall–Kier alpha value is -1.54. The second-order valence-corrected chi connectivity index (χ2v) is 26.6. The van der Waals surface area contributed by atoms with Crippen molar-refractivity contribution >= 4 is 13.7 Å². The molecule has 0 aromatic carbocycles. The molecule has 9 heteroatoms. The SMILES string of the molecule is CCCCCCCCCC/C=C\CCCCCCCCCCCCCCCCCCCCCCCCCCCC(=O)NC(COP(=O)([O-])OCC[N+](C)(C)C)C(O)/C=C/CC/C=C/CC/C=C/CCCCCCCCCCCCC. The molecule has 0 aromatic rings. The van der Waals surface area contributed by atoms with Gasteiger partial charge in [-0.25, -0.2) is 0 Å². The summed E-state index contributed by atoms with van der Waals surface area (Å²) in [5.41, 5.74) is 0. The number of likely N-dealkylation sites (N-methyl/N-ethyl adjacent to an activating group) is 1. The molecule has 0 aliphatic rings. The fraction of sp³-hybridized carbons (Fsp3) is 0.873. The van der Waals surface area contributed by atoms with Crippen LogP contribution in [0.4, 0.5) is 0 Å². The van der Waals surface area contributed by atoms with Crippen molar-refractivity contribution in [3.63, 3.8) is 0 Å². The quantitative estimate of drug-likeness (QED) is 0.0272. The zero-order valence-electron chi connectivity index (χ0n) is 54.0. The van der Waals surface area contributed by atoms with Gasteiger partial charge < -0.3 is 28.8 Å². The van der Waals surface area contributed by atoms with Gasteiger partial charge in [-0.3, -0.25) is 9.36 Å². The van der Waals surface area contributed by atoms with Gasteiger partial charge in [-0.05, 0) is 70.6 Å². The molecule has 0 heterocycles. The van der Waals surface area contributed by atoms with E-state index in [-0.39, 0.29) is 12.5 Å². The van der Waals surface area contributed by atoms with Gasteiger partial charge >= 0.3 is 0 Å². The molecule has 0 bridgehead atoms. The molecule has 0 aromatic heterocycles. The van der Waals surface area contributed by atoms with Gasteiger partial charge in [0.05, 0.1) is 39.9 Å². The topological polar surface area (TPSA) is 108 Å². The maximum atomic E-state index is 13.0. The van der Waals surface area contributed by atoms with Crippen LogP contribution in [0.5, 0.6) is 0 Å². The Kier molecular flexibility index (Phi) is 60.8. The molecule has 1 amide bonds. The lowest BCUT2D eigenvalue weighted by molar-refractivity contribution is -0.870. The number of aliphatic hydroxyl groups is 1. The van der Waals surface area contributed by atoms with Crippen molar-refractivity contribution in [2.24, 2.45) is 0 Å². The van der Waals surface area contributed by atoms with Crippen LogP contribution in [0.1, 0.15) is 348 Å². The second kappa shape index (κ2) is 62.0. The number of quaternary nitrogens is 1. The Morgan fingerprint density at radius 1 is 0.425 bits per heavy atom. The third kappa shape index (κ3) is 64.0. The van der Waals surface area contributed by atoms with Crippen LogP contribution in [-0.2, 0) is 18.4 Å². The maximum Gasteiger partial charge on any atom is 0.268 e. The fourth-order valence-corrected chi connectivity index (χ4v) is 11.3. The minimum atomic E-state index is -4.61. The zero-order valence-corrected chi connectivity index (χ0v) is 54.9. The first-order chi connectivity index (χ1) is 39.0. The van der Waals surface area contributed by atoms with Crippen LogP contribution in [0, 0.1) is 0 Å². The Morgan fingerprint density at radius 2 is 0.700 bits per heavy atom. The standard InChI is InChI=1S/C71H137N2O6P/c1-6-8-10-12-14-16-18-20-22-24-26-28-29-30-31-32-33-34-35-36-37-38-39-40-41-42-43-45-47-49-51-53-55-57-59-61-63-65-71(75)72-69(68-79-80(76,77)78-67-66-73(3,4)5)70(74)64-62-60-58-56-54-52-50-48-46-44-27-25-23-21-19-17-15-13-11-9-7-2/h24,26,46,48,54,56,62,64,69-70,74H,6-23,25,27-45,47,49-53,55,57-61,63,65-68H2,1-5H3,(H-,72,75,76,77)/b26-24-,48-46+,56-54+,64-62+. The lowest BCUT2D eigenvalue weighted by Crippen LogP contribution is -2.45. The molecular formula is C71H137N2O6P. The van der Waals surface area contributed by atoms with Crippen LogP contribution >= 0.6 is 7.82 Å². The average molecular weight is 1150 g/mol. The van der Waals surface area contributed by atoms with Crippen LogP contribution in [0.3, 0.4) is 0 Å². The summed E-state index contributed by atoms with van der Waals surface area (Å²) in [6.45, 7) is 4.66. The molecular weight excluding hydrogens is 1010 g/mol. The number of hydrogen-bond acceptors (Lipinski definition) is 6. The van der Waals surface area contributed by atoms with Crippen molar-refractivity contribution in [2.45, 2.75) is 360 Å². The Balaban J connectivity index is 4.00. The highest BCUT2D eigenvalue weighted by molar-refractivity contribution is 7.45. The van der Waals surface area contributed by atoms with Gasteiger partial charge in [-0.2, -0.15) is 0 Å². The summed E-state index contributed by atoms with van der Waals surface area (Å²) in [6, 6.07) is -0.910. The van der Waals surface area contributed by atoms with Crippen molar-refractivity contribution in [2.75, 3.05) is 40.9 Å². The lowest BCUT2D eigenvalue weighted by atomic mass is 10.0. The number of aliphatic hydroxyl groups excluding tert-OH is 1. The smallest absolute Gasteiger partial charge is 0.268 e. The van der Waals surface area contributed by atoms with E-state index in [0.29, 0.717) is 17.4 Å². The number of carbonyl (C=O) groups is 1. The van der Waals surface area contributed by atoms with E-state index < -0.39 is 26.6 Å². The Labute approximate surface area is 499 Å². The predicted octanol–water partition coefficient (Wildman–Crippen LogP) is 21.6. The van der Waals surface area contributed by atoms with E-state index in [0.717, 1.165) is 44.9 Å². The first-order valence-electron chi connectivity index (χ1n) is 35.0. The van der Waals surface area contributed by atoms with Gasteiger partial charge in [0.1, 0.15) is 13.2 Å². The number of allylic oxidation sites excluding steroid dienone is 7. The van der Waals surface area contributed by atoms with E-state index in [1.165, 1.54) is 283 Å². The van der Waals surface area contributed by atoms with Crippen molar-refractivity contribution < 1.29 is 32.9 Å². The highest BCUT2D eigenvalue weighted by atomic mass is 31.2. The molecule has 3 atom stereocenters. The summed E-state index contributed by atoms with van der Waals surface area (Å²) in [7, 11) is 1.25. The van der Waals surface area contributed by atoms with E-state index in [1.807, 2.05) is 27.2 Å². The summed E-state index contributed by atoms with van der Waals surface area (Å²) in [4.78, 5) is 25.6. The number of hydrogen-bond donors (Lipinski definition) is 2. The summed E-state index contributed by atoms with van der Waals surface area (Å²) in [5.74, 6) is -0.205. The highest BCUT2D eigenvalue weighted by Crippen LogP contribution is 2.38. The Bertz CT molecular complexity index is 1440. The number of nitrogens with zero attached hydrogens (tertiary/aromatic N) is 1. The highest BCUT2D eigenvalue weighted by Gasteiger charge is 2.23. The lowest BCUT2D eigenvalue weighted by Gasteiger charge is -2.29. The van der Waals surface area contributed by atoms with Crippen LogP contribution in [-0.4, -0.2) is 68.5 Å². The number of phosphoric ester groups is 1. The summed E-state index contributed by atoms with van der Waals surface area (Å²) >= 11 is 0. The molecule has 0 rings (SSSR count). The minimum absolute atomic E-state index is 0.00792. The molecule has 0 saturated carbocycles. The van der Waals surface area contributed by atoms with E-state index in [9.17, 15) is 19.4 Å². The molecule has 472 valence electrons. The number of phosphoric acid groups is 1. The van der Waals surface area contributed by atoms with Crippen LogP contribution in [0.15, 0.2) is 48.6 Å². The molecule has 0 aliphatic carbocycles. The summed E-state index contributed by atoms with van der Waals surface area (Å²) in [6.07, 6.45) is 83.9. The monoisotopic (exact) mass is 1150 g/mol. The van der Waals surface area contributed by atoms with Crippen LogP contribution < -0.4 is 10.2 Å². The van der Waals surface area contributed by atoms with E-state index in [4.69, 9.17) is 9.05 Å². The largest absolute Gasteiger partial charge is 0.756 e.